The van der Waals surface area contributed by atoms with Gasteiger partial charge in [-0.3, -0.25) is 4.79 Å². The molecule has 5 heteroatoms. The van der Waals surface area contributed by atoms with Crippen molar-refractivity contribution in [1.82, 2.24) is 4.98 Å². The van der Waals surface area contributed by atoms with E-state index < -0.39 is 0 Å². The highest BCUT2D eigenvalue weighted by atomic mass is 19.1. The zero-order chi connectivity index (χ0) is 25.5. The Morgan fingerprint density at radius 3 is 2.17 bits per heavy atom. The van der Waals surface area contributed by atoms with Gasteiger partial charge in [-0.2, -0.15) is 4.39 Å². The van der Waals surface area contributed by atoms with Gasteiger partial charge < -0.3 is 10.6 Å². The van der Waals surface area contributed by atoms with Gasteiger partial charge >= 0.3 is 0 Å². The highest BCUT2D eigenvalue weighted by molar-refractivity contribution is 5.77. The van der Waals surface area contributed by atoms with Crippen LogP contribution in [0.25, 0.3) is 11.1 Å². The van der Waals surface area contributed by atoms with Crippen LogP contribution in [0.5, 0.6) is 0 Å². The van der Waals surface area contributed by atoms with Crippen LogP contribution in [-0.4, -0.2) is 23.5 Å². The van der Waals surface area contributed by atoms with Crippen LogP contribution < -0.4 is 10.6 Å². The summed E-state index contributed by atoms with van der Waals surface area (Å²) >= 11 is 0. The minimum Gasteiger partial charge on any atom is -0.324 e. The van der Waals surface area contributed by atoms with Gasteiger partial charge in [0.15, 0.2) is 0 Å². The molecule has 190 valence electrons. The van der Waals surface area contributed by atoms with Gasteiger partial charge in [-0.05, 0) is 72.6 Å². The van der Waals surface area contributed by atoms with Gasteiger partial charge in [-0.1, -0.05) is 75.6 Å². The predicted octanol–water partition coefficient (Wildman–Crippen LogP) is 6.88. The SMILES string of the molecule is CC1CC1c1cccc(F)n1.CCCc1ccc(-c2ccc(N(C=O)CC3(N)CCCC3)cc2)cc1. The van der Waals surface area contributed by atoms with E-state index in [-0.39, 0.29) is 11.5 Å². The standard InChI is InChI=1S/C22H28N2O.C9H10FN/c1-2-5-18-6-8-19(9-7-18)20-10-12-21(13-11-20)24(17-25)16-22(23)14-3-4-15-22;1-6-5-7(6)8-3-2-4-9(10)11-8/h6-13,17H,2-5,14-16,23H2,1H3;2-4,6-7H,5H2,1H3. The van der Waals surface area contributed by atoms with Crippen molar-refractivity contribution < 1.29 is 9.18 Å². The monoisotopic (exact) mass is 487 g/mol. The Kier molecular flexibility index (Phi) is 8.52. The average molecular weight is 488 g/mol. The van der Waals surface area contributed by atoms with Crippen molar-refractivity contribution >= 4 is 12.1 Å². The Morgan fingerprint density at radius 2 is 1.64 bits per heavy atom. The number of aromatic nitrogens is 1. The summed E-state index contributed by atoms with van der Waals surface area (Å²) in [5.74, 6) is 0.858. The van der Waals surface area contributed by atoms with E-state index >= 15 is 0 Å². The topological polar surface area (TPSA) is 59.2 Å². The first-order valence-corrected chi connectivity index (χ1v) is 13.2. The maximum Gasteiger partial charge on any atom is 0.214 e. The van der Waals surface area contributed by atoms with Crippen molar-refractivity contribution in [2.45, 2.75) is 70.3 Å². The second-order valence-corrected chi connectivity index (χ2v) is 10.5. The molecule has 2 fully saturated rings. The summed E-state index contributed by atoms with van der Waals surface area (Å²) in [7, 11) is 0. The van der Waals surface area contributed by atoms with Gasteiger partial charge in [0.2, 0.25) is 12.4 Å². The van der Waals surface area contributed by atoms with E-state index in [9.17, 15) is 9.18 Å². The molecule has 2 aromatic carbocycles. The van der Waals surface area contributed by atoms with Crippen molar-refractivity contribution in [3.63, 3.8) is 0 Å². The molecule has 2 aliphatic rings. The molecule has 2 aliphatic carbocycles. The maximum absolute atomic E-state index is 12.6. The molecule has 2 saturated carbocycles. The van der Waals surface area contributed by atoms with Crippen molar-refractivity contribution in [2.24, 2.45) is 11.7 Å². The average Bonchev–Trinajstić information content (AvgIpc) is 3.48. The Morgan fingerprint density at radius 1 is 1.03 bits per heavy atom. The molecule has 4 nitrogen and oxygen atoms in total. The number of halogens is 1. The molecule has 0 bridgehead atoms. The fraction of sp³-hybridized carbons (Fsp3) is 0.419. The van der Waals surface area contributed by atoms with E-state index in [4.69, 9.17) is 5.73 Å². The zero-order valence-electron chi connectivity index (χ0n) is 21.5. The van der Waals surface area contributed by atoms with Crippen molar-refractivity contribution in [2.75, 3.05) is 11.4 Å². The number of nitrogens with zero attached hydrogens (tertiary/aromatic N) is 2. The lowest BCUT2D eigenvalue weighted by atomic mass is 9.98. The lowest BCUT2D eigenvalue weighted by Gasteiger charge is -2.30. The highest BCUT2D eigenvalue weighted by Gasteiger charge is 2.35. The number of anilines is 1. The number of hydrogen-bond donors (Lipinski definition) is 1. The smallest absolute Gasteiger partial charge is 0.214 e. The van der Waals surface area contributed by atoms with Crippen LogP contribution >= 0.6 is 0 Å². The van der Waals surface area contributed by atoms with Crippen LogP contribution in [0.1, 0.15) is 69.5 Å². The highest BCUT2D eigenvalue weighted by Crippen LogP contribution is 2.45. The number of hydrogen-bond acceptors (Lipinski definition) is 3. The van der Waals surface area contributed by atoms with Crippen molar-refractivity contribution in [3.05, 3.63) is 83.9 Å². The van der Waals surface area contributed by atoms with Crippen LogP contribution in [-0.2, 0) is 11.2 Å². The van der Waals surface area contributed by atoms with Gasteiger partial charge in [-0.15, -0.1) is 0 Å². The fourth-order valence-corrected chi connectivity index (χ4v) is 5.13. The first-order chi connectivity index (χ1) is 17.4. The largest absolute Gasteiger partial charge is 0.324 e. The molecular weight excluding hydrogens is 449 g/mol. The first-order valence-electron chi connectivity index (χ1n) is 13.2. The summed E-state index contributed by atoms with van der Waals surface area (Å²) in [5, 5.41) is 0. The van der Waals surface area contributed by atoms with E-state index in [2.05, 4.69) is 55.2 Å². The Hall–Kier alpha value is -3.05. The fourth-order valence-electron chi connectivity index (χ4n) is 5.13. The first kappa shape index (κ1) is 26.0. The van der Waals surface area contributed by atoms with Gasteiger partial charge in [0.25, 0.3) is 0 Å². The van der Waals surface area contributed by atoms with Gasteiger partial charge in [0.05, 0.1) is 0 Å². The second kappa shape index (κ2) is 11.8. The Labute approximate surface area is 214 Å². The molecule has 5 rings (SSSR count). The summed E-state index contributed by atoms with van der Waals surface area (Å²) in [6.45, 7) is 4.96. The lowest BCUT2D eigenvalue weighted by molar-refractivity contribution is -0.107. The normalized spacial score (nSPS) is 19.8. The van der Waals surface area contributed by atoms with Gasteiger partial charge in [-0.25, -0.2) is 4.98 Å². The third-order valence-electron chi connectivity index (χ3n) is 7.46. The molecule has 3 aromatic rings. The number of carbonyl (C=O) groups is 1. The number of benzene rings is 2. The third-order valence-corrected chi connectivity index (χ3v) is 7.46. The summed E-state index contributed by atoms with van der Waals surface area (Å²) in [4.78, 5) is 17.1. The van der Waals surface area contributed by atoms with E-state index in [0.717, 1.165) is 62.7 Å². The van der Waals surface area contributed by atoms with Crippen LogP contribution in [0.2, 0.25) is 0 Å². The Balaban J connectivity index is 0.000000229. The van der Waals surface area contributed by atoms with Gasteiger partial charge in [0.1, 0.15) is 0 Å². The Bertz CT molecular complexity index is 1120. The number of pyridine rings is 1. The predicted molar refractivity (Wildman–Crippen MR) is 145 cm³/mol. The summed E-state index contributed by atoms with van der Waals surface area (Å²) in [5.41, 5.74) is 11.8. The van der Waals surface area contributed by atoms with Crippen LogP contribution in [0, 0.1) is 11.9 Å². The zero-order valence-corrected chi connectivity index (χ0v) is 21.5. The summed E-state index contributed by atoms with van der Waals surface area (Å²) in [6.07, 6.45) is 8.68. The van der Waals surface area contributed by atoms with E-state index in [1.807, 2.05) is 18.2 Å². The molecule has 2 unspecified atom stereocenters. The van der Waals surface area contributed by atoms with E-state index in [1.165, 1.54) is 22.8 Å². The molecule has 36 heavy (non-hydrogen) atoms. The van der Waals surface area contributed by atoms with E-state index in [1.54, 1.807) is 11.0 Å². The van der Waals surface area contributed by atoms with Crippen LogP contribution in [0.3, 0.4) is 0 Å². The minimum absolute atomic E-state index is 0.227. The number of nitrogens with two attached hydrogens (primary N) is 1. The van der Waals surface area contributed by atoms with Crippen LogP contribution in [0.4, 0.5) is 10.1 Å². The van der Waals surface area contributed by atoms with Gasteiger partial charge in [0, 0.05) is 29.4 Å². The molecule has 0 aliphatic heterocycles. The number of carbonyl (C=O) groups excluding carboxylic acids is 1. The molecular formula is C31H38FN3O. The van der Waals surface area contributed by atoms with Crippen molar-refractivity contribution in [3.8, 4) is 11.1 Å². The third kappa shape index (κ3) is 6.79. The molecule has 2 atom stereocenters. The number of amides is 1. The summed E-state index contributed by atoms with van der Waals surface area (Å²) < 4.78 is 12.6. The second-order valence-electron chi connectivity index (χ2n) is 10.5. The molecule has 1 amide bonds. The maximum atomic E-state index is 12.6. The molecule has 0 saturated heterocycles. The number of aryl methyl sites for hydroxylation is 1. The van der Waals surface area contributed by atoms with Crippen molar-refractivity contribution in [1.29, 1.82) is 0 Å². The molecule has 2 N–H and O–H groups in total. The molecule has 0 spiro atoms. The lowest BCUT2D eigenvalue weighted by Crippen LogP contribution is -2.48. The molecule has 0 radical (unpaired) electrons. The van der Waals surface area contributed by atoms with Crippen LogP contribution in [0.15, 0.2) is 66.7 Å². The minimum atomic E-state index is -0.360. The summed E-state index contributed by atoms with van der Waals surface area (Å²) in [6, 6.07) is 21.9. The number of rotatable bonds is 8. The quantitative estimate of drug-likeness (QED) is 0.278. The van der Waals surface area contributed by atoms with E-state index in [0.29, 0.717) is 18.4 Å². The molecule has 1 heterocycles. The molecule has 1 aromatic heterocycles.